The van der Waals surface area contributed by atoms with E-state index in [0.29, 0.717) is 12.2 Å². The second-order valence-corrected chi connectivity index (χ2v) is 6.64. The molecule has 1 heterocycles. The number of hydrogen-bond donors (Lipinski definition) is 1. The molecule has 1 unspecified atom stereocenters. The topological polar surface area (TPSA) is 52.3 Å². The van der Waals surface area contributed by atoms with E-state index in [1.54, 1.807) is 0 Å². The van der Waals surface area contributed by atoms with Crippen LogP contribution in [0.2, 0.25) is 0 Å². The lowest BCUT2D eigenvalue weighted by molar-refractivity contribution is -0.136. The van der Waals surface area contributed by atoms with Gasteiger partial charge in [0.25, 0.3) is 0 Å². The molecular formula is C18H25NO2. The number of benzene rings is 1. The summed E-state index contributed by atoms with van der Waals surface area (Å²) in [6, 6.07) is 7.85. The largest absolute Gasteiger partial charge is 0.399 e. The summed E-state index contributed by atoms with van der Waals surface area (Å²) in [7, 11) is 0. The van der Waals surface area contributed by atoms with Crippen molar-refractivity contribution in [1.82, 2.24) is 0 Å². The van der Waals surface area contributed by atoms with Crippen LogP contribution in [0.5, 0.6) is 0 Å². The third kappa shape index (κ3) is 3.46. The molecule has 3 rings (SSSR count). The standard InChI is InChI=1S/C18H25NO2/c19-16-6-3-14(4-7-16)5-8-17(20)15-9-12-21-18(13-15)10-1-2-11-18/h3-4,6-7,15H,1-2,5,8-13,19H2. The lowest BCUT2D eigenvalue weighted by Gasteiger charge is -2.37. The minimum absolute atomic E-state index is 0.0414. The molecule has 1 atom stereocenters. The van der Waals surface area contributed by atoms with Gasteiger partial charge in [-0.25, -0.2) is 0 Å². The van der Waals surface area contributed by atoms with Gasteiger partial charge >= 0.3 is 0 Å². The summed E-state index contributed by atoms with van der Waals surface area (Å²) in [6.07, 6.45) is 8.13. The highest BCUT2D eigenvalue weighted by atomic mass is 16.5. The van der Waals surface area contributed by atoms with Crippen LogP contribution in [0.3, 0.4) is 0 Å². The lowest BCUT2D eigenvalue weighted by Crippen LogP contribution is -2.39. The van der Waals surface area contributed by atoms with Crippen LogP contribution >= 0.6 is 0 Å². The van der Waals surface area contributed by atoms with E-state index in [9.17, 15) is 4.79 Å². The van der Waals surface area contributed by atoms with Gasteiger partial charge in [0, 0.05) is 24.6 Å². The van der Waals surface area contributed by atoms with Gasteiger partial charge in [-0.1, -0.05) is 25.0 Å². The van der Waals surface area contributed by atoms with Crippen molar-refractivity contribution in [3.05, 3.63) is 29.8 Å². The SMILES string of the molecule is Nc1ccc(CCC(=O)C2CCOC3(CCCC3)C2)cc1. The number of ketones is 1. The molecule has 1 saturated heterocycles. The van der Waals surface area contributed by atoms with Crippen molar-refractivity contribution in [1.29, 1.82) is 0 Å². The highest BCUT2D eigenvalue weighted by Crippen LogP contribution is 2.42. The average Bonchev–Trinajstić information content (AvgIpc) is 2.94. The van der Waals surface area contributed by atoms with E-state index >= 15 is 0 Å². The van der Waals surface area contributed by atoms with E-state index in [0.717, 1.165) is 44.4 Å². The Balaban J connectivity index is 1.54. The van der Waals surface area contributed by atoms with E-state index < -0.39 is 0 Å². The predicted molar refractivity (Wildman–Crippen MR) is 84.1 cm³/mol. The minimum Gasteiger partial charge on any atom is -0.399 e. The van der Waals surface area contributed by atoms with Gasteiger partial charge in [0.05, 0.1) is 5.60 Å². The highest BCUT2D eigenvalue weighted by molar-refractivity contribution is 5.81. The quantitative estimate of drug-likeness (QED) is 0.862. The first-order valence-electron chi connectivity index (χ1n) is 8.18. The van der Waals surface area contributed by atoms with Crippen LogP contribution < -0.4 is 5.73 Å². The van der Waals surface area contributed by atoms with Crippen LogP contribution in [0.25, 0.3) is 0 Å². The van der Waals surface area contributed by atoms with Gasteiger partial charge in [-0.05, 0) is 49.8 Å². The first-order valence-corrected chi connectivity index (χ1v) is 8.18. The van der Waals surface area contributed by atoms with Gasteiger partial charge in [-0.2, -0.15) is 0 Å². The van der Waals surface area contributed by atoms with Crippen LogP contribution in [-0.2, 0) is 16.0 Å². The van der Waals surface area contributed by atoms with E-state index in [1.807, 2.05) is 24.3 Å². The van der Waals surface area contributed by atoms with Crippen molar-refractivity contribution in [2.75, 3.05) is 12.3 Å². The van der Waals surface area contributed by atoms with E-state index in [-0.39, 0.29) is 11.5 Å². The zero-order valence-electron chi connectivity index (χ0n) is 12.6. The maximum atomic E-state index is 12.5. The molecule has 2 aliphatic rings. The van der Waals surface area contributed by atoms with Crippen LogP contribution in [0, 0.1) is 5.92 Å². The molecule has 0 bridgehead atoms. The number of hydrogen-bond acceptors (Lipinski definition) is 3. The molecule has 0 radical (unpaired) electrons. The Kier molecular flexibility index (Phi) is 4.29. The number of Topliss-reactive ketones (excluding diaryl/α,β-unsaturated/α-hetero) is 1. The second kappa shape index (κ2) is 6.18. The van der Waals surface area contributed by atoms with E-state index in [2.05, 4.69) is 0 Å². The maximum absolute atomic E-state index is 12.5. The van der Waals surface area contributed by atoms with Gasteiger partial charge in [0.15, 0.2) is 0 Å². The summed E-state index contributed by atoms with van der Waals surface area (Å²) in [5.41, 5.74) is 7.70. The third-order valence-corrected chi connectivity index (χ3v) is 5.10. The summed E-state index contributed by atoms with van der Waals surface area (Å²) in [4.78, 5) is 12.5. The lowest BCUT2D eigenvalue weighted by atomic mass is 9.81. The zero-order valence-corrected chi connectivity index (χ0v) is 12.6. The van der Waals surface area contributed by atoms with Crippen molar-refractivity contribution < 1.29 is 9.53 Å². The van der Waals surface area contributed by atoms with E-state index in [4.69, 9.17) is 10.5 Å². The Labute approximate surface area is 126 Å². The van der Waals surface area contributed by atoms with Crippen molar-refractivity contribution in [2.45, 2.75) is 57.0 Å². The number of nitrogen functional groups attached to an aromatic ring is 1. The minimum atomic E-state index is 0.0414. The Morgan fingerprint density at radius 1 is 1.24 bits per heavy atom. The zero-order chi connectivity index (χ0) is 14.7. The third-order valence-electron chi connectivity index (χ3n) is 5.10. The molecule has 2 N–H and O–H groups in total. The fourth-order valence-electron chi connectivity index (χ4n) is 3.83. The molecule has 0 amide bonds. The molecular weight excluding hydrogens is 262 g/mol. The van der Waals surface area contributed by atoms with Gasteiger partial charge in [0.1, 0.15) is 5.78 Å². The number of ether oxygens (including phenoxy) is 1. The van der Waals surface area contributed by atoms with Crippen molar-refractivity contribution in [3.8, 4) is 0 Å². The van der Waals surface area contributed by atoms with Crippen molar-refractivity contribution in [2.24, 2.45) is 5.92 Å². The molecule has 1 aromatic carbocycles. The summed E-state index contributed by atoms with van der Waals surface area (Å²) in [5.74, 6) is 0.632. The monoisotopic (exact) mass is 287 g/mol. The Morgan fingerprint density at radius 2 is 1.95 bits per heavy atom. The van der Waals surface area contributed by atoms with E-state index in [1.165, 1.54) is 18.4 Å². The van der Waals surface area contributed by atoms with Crippen molar-refractivity contribution in [3.63, 3.8) is 0 Å². The average molecular weight is 287 g/mol. The molecule has 3 heteroatoms. The highest BCUT2D eigenvalue weighted by Gasteiger charge is 2.41. The fraction of sp³-hybridized carbons (Fsp3) is 0.611. The molecule has 1 saturated carbocycles. The fourth-order valence-corrected chi connectivity index (χ4v) is 3.83. The number of rotatable bonds is 4. The van der Waals surface area contributed by atoms with Crippen LogP contribution in [-0.4, -0.2) is 18.0 Å². The first-order chi connectivity index (χ1) is 10.2. The number of anilines is 1. The van der Waals surface area contributed by atoms with Crippen LogP contribution in [0.4, 0.5) is 5.69 Å². The molecule has 1 spiro atoms. The molecule has 1 aliphatic heterocycles. The predicted octanol–water partition coefficient (Wildman–Crippen LogP) is 3.51. The molecule has 0 aromatic heterocycles. The molecule has 21 heavy (non-hydrogen) atoms. The molecule has 2 fully saturated rings. The normalized spacial score (nSPS) is 24.3. The summed E-state index contributed by atoms with van der Waals surface area (Å²) in [6.45, 7) is 0.762. The molecule has 1 aliphatic carbocycles. The van der Waals surface area contributed by atoms with Crippen LogP contribution in [0.1, 0.15) is 50.5 Å². The second-order valence-electron chi connectivity index (χ2n) is 6.64. The number of nitrogens with two attached hydrogens (primary N) is 1. The van der Waals surface area contributed by atoms with Gasteiger partial charge < -0.3 is 10.5 Å². The Bertz CT molecular complexity index is 488. The summed E-state index contributed by atoms with van der Waals surface area (Å²) >= 11 is 0. The first kappa shape index (κ1) is 14.6. The Morgan fingerprint density at radius 3 is 2.67 bits per heavy atom. The summed E-state index contributed by atoms with van der Waals surface area (Å²) < 4.78 is 6.02. The number of carbonyl (C=O) groups is 1. The molecule has 3 nitrogen and oxygen atoms in total. The molecule has 114 valence electrons. The molecule has 1 aromatic rings. The van der Waals surface area contributed by atoms with Gasteiger partial charge in [-0.3, -0.25) is 4.79 Å². The number of carbonyl (C=O) groups excluding carboxylic acids is 1. The smallest absolute Gasteiger partial charge is 0.136 e. The van der Waals surface area contributed by atoms with Crippen molar-refractivity contribution >= 4 is 11.5 Å². The number of aryl methyl sites for hydroxylation is 1. The maximum Gasteiger partial charge on any atom is 0.136 e. The van der Waals surface area contributed by atoms with Gasteiger partial charge in [-0.15, -0.1) is 0 Å². The van der Waals surface area contributed by atoms with Gasteiger partial charge in [0.2, 0.25) is 0 Å². The summed E-state index contributed by atoms with van der Waals surface area (Å²) in [5, 5.41) is 0. The van der Waals surface area contributed by atoms with Crippen LogP contribution in [0.15, 0.2) is 24.3 Å². The Hall–Kier alpha value is -1.35.